The summed E-state index contributed by atoms with van der Waals surface area (Å²) < 4.78 is 27.5. The van der Waals surface area contributed by atoms with Gasteiger partial charge in [0.15, 0.2) is 5.82 Å². The van der Waals surface area contributed by atoms with Crippen molar-refractivity contribution in [3.05, 3.63) is 45.1 Å². The third-order valence-corrected chi connectivity index (χ3v) is 7.02. The van der Waals surface area contributed by atoms with Gasteiger partial charge in [-0.1, -0.05) is 6.92 Å². The minimum absolute atomic E-state index is 0.0726. The summed E-state index contributed by atoms with van der Waals surface area (Å²) in [5, 5.41) is 0. The van der Waals surface area contributed by atoms with Gasteiger partial charge >= 0.3 is 12.1 Å². The lowest BCUT2D eigenvalue weighted by Crippen LogP contribution is -2.44. The van der Waals surface area contributed by atoms with Crippen LogP contribution in [-0.4, -0.2) is 59.8 Å². The largest absolute Gasteiger partial charge is 0.462 e. The van der Waals surface area contributed by atoms with E-state index in [1.54, 1.807) is 24.9 Å². The van der Waals surface area contributed by atoms with E-state index in [0.717, 1.165) is 18.4 Å². The fourth-order valence-electron chi connectivity index (χ4n) is 5.20. The van der Waals surface area contributed by atoms with Crippen molar-refractivity contribution in [2.45, 2.75) is 71.9 Å². The Kier molecular flexibility index (Phi) is 6.79. The fraction of sp³-hybridized carbons (Fsp3) is 0.593. The van der Waals surface area contributed by atoms with Gasteiger partial charge in [-0.05, 0) is 76.5 Å². The first-order valence-electron chi connectivity index (χ1n) is 12.6. The molecule has 2 atom stereocenters. The number of hydrogen-bond donors (Lipinski definition) is 0. The van der Waals surface area contributed by atoms with E-state index in [4.69, 9.17) is 9.47 Å². The van der Waals surface area contributed by atoms with Crippen molar-refractivity contribution in [1.82, 2.24) is 9.30 Å². The lowest BCUT2D eigenvalue weighted by atomic mass is 10.0. The highest BCUT2D eigenvalue weighted by atomic mass is 19.1. The van der Waals surface area contributed by atoms with Crippen molar-refractivity contribution in [3.8, 4) is 0 Å². The van der Waals surface area contributed by atoms with Crippen LogP contribution in [0.25, 0.3) is 5.52 Å². The molecule has 8 nitrogen and oxygen atoms in total. The van der Waals surface area contributed by atoms with Crippen LogP contribution >= 0.6 is 0 Å². The molecule has 0 spiro atoms. The van der Waals surface area contributed by atoms with Gasteiger partial charge in [0.05, 0.1) is 30.0 Å². The molecule has 1 amide bonds. The number of aromatic nitrogens is 1. The molecule has 2 fully saturated rings. The Morgan fingerprint density at radius 3 is 2.47 bits per heavy atom. The number of hydrogen-bond acceptors (Lipinski definition) is 6. The molecule has 2 aromatic rings. The fourth-order valence-corrected chi connectivity index (χ4v) is 5.20. The van der Waals surface area contributed by atoms with E-state index in [1.807, 2.05) is 39.5 Å². The second-order valence-electron chi connectivity index (χ2n) is 11.0. The van der Waals surface area contributed by atoms with Gasteiger partial charge in [0.1, 0.15) is 11.2 Å². The zero-order valence-electron chi connectivity index (χ0n) is 22.2. The average Bonchev–Trinajstić information content (AvgIpc) is 3.55. The van der Waals surface area contributed by atoms with E-state index in [9.17, 15) is 14.4 Å². The summed E-state index contributed by atoms with van der Waals surface area (Å²) in [6.45, 7) is 12.1. The minimum Gasteiger partial charge on any atom is -0.462 e. The Labute approximate surface area is 211 Å². The molecule has 0 unspecified atom stereocenters. The lowest BCUT2D eigenvalue weighted by Gasteiger charge is -2.30. The van der Waals surface area contributed by atoms with Crippen LogP contribution in [-0.2, 0) is 9.47 Å². The van der Waals surface area contributed by atoms with Gasteiger partial charge in [-0.25, -0.2) is 14.0 Å². The molecule has 2 aromatic heterocycles. The molecule has 0 radical (unpaired) electrons. The number of amides is 1. The molecule has 2 aliphatic rings. The van der Waals surface area contributed by atoms with Gasteiger partial charge in [0.25, 0.3) is 5.56 Å². The van der Waals surface area contributed by atoms with Crippen LogP contribution in [0.1, 0.15) is 74.9 Å². The number of pyridine rings is 2. The summed E-state index contributed by atoms with van der Waals surface area (Å²) in [5.41, 5.74) is 1.32. The summed E-state index contributed by atoms with van der Waals surface area (Å²) >= 11 is 0. The van der Waals surface area contributed by atoms with Crippen molar-refractivity contribution < 1.29 is 23.5 Å². The van der Waals surface area contributed by atoms with Crippen LogP contribution in [0, 0.1) is 18.7 Å². The number of halogens is 1. The van der Waals surface area contributed by atoms with Crippen LogP contribution in [0.3, 0.4) is 0 Å². The van der Waals surface area contributed by atoms with E-state index in [2.05, 4.69) is 0 Å². The third-order valence-electron chi connectivity index (χ3n) is 7.02. The first kappa shape index (κ1) is 26.0. The number of esters is 1. The predicted octanol–water partition coefficient (Wildman–Crippen LogP) is 4.49. The van der Waals surface area contributed by atoms with Crippen molar-refractivity contribution in [1.29, 1.82) is 0 Å². The number of nitrogens with zero attached hydrogens (tertiary/aromatic N) is 3. The number of likely N-dealkylation sites (N-methyl/N-ethyl adjacent to an activating group) is 1. The maximum Gasteiger partial charge on any atom is 0.410 e. The van der Waals surface area contributed by atoms with E-state index < -0.39 is 29.0 Å². The normalized spacial score (nSPS) is 20.1. The molecular formula is C27H36FN3O5. The van der Waals surface area contributed by atoms with Crippen LogP contribution in [0.5, 0.6) is 0 Å². The summed E-state index contributed by atoms with van der Waals surface area (Å²) in [6.07, 6.45) is 2.67. The first-order chi connectivity index (χ1) is 16.8. The minimum atomic E-state index is -0.692. The Bertz CT molecular complexity index is 1260. The standard InChI is InChI=1S/C27H36FN3O5/c1-8-35-25(33)19-11-18(17-9-10-17)22-16(3)23(20(28)13-31(22)24(19)32)30-12-15(2)21(14-30)29(7)26(34)36-27(4,5)6/h11,13,15,17,21H,8-10,12,14H2,1-7H3/t15-,21-/m1/s1. The highest BCUT2D eigenvalue weighted by Crippen LogP contribution is 2.44. The Balaban J connectivity index is 1.75. The van der Waals surface area contributed by atoms with Gasteiger partial charge in [0.2, 0.25) is 0 Å². The van der Waals surface area contributed by atoms with Crippen LogP contribution in [0.15, 0.2) is 17.1 Å². The van der Waals surface area contributed by atoms with E-state index >= 15 is 4.39 Å². The van der Waals surface area contributed by atoms with Gasteiger partial charge in [-0.15, -0.1) is 0 Å². The quantitative estimate of drug-likeness (QED) is 0.562. The summed E-state index contributed by atoms with van der Waals surface area (Å²) in [6, 6.07) is 1.47. The number of carbonyl (C=O) groups is 2. The van der Waals surface area contributed by atoms with Crippen molar-refractivity contribution in [2.24, 2.45) is 5.92 Å². The Hall–Kier alpha value is -3.10. The molecule has 1 saturated carbocycles. The molecule has 0 aromatic carbocycles. The maximum atomic E-state index is 15.7. The summed E-state index contributed by atoms with van der Waals surface area (Å²) in [4.78, 5) is 41.8. The molecule has 36 heavy (non-hydrogen) atoms. The van der Waals surface area contributed by atoms with Crippen LogP contribution < -0.4 is 10.5 Å². The number of rotatable bonds is 5. The number of carbonyl (C=O) groups excluding carboxylic acids is 2. The number of fused-ring (bicyclic) bond motifs is 1. The summed E-state index contributed by atoms with van der Waals surface area (Å²) in [5.74, 6) is -0.942. The average molecular weight is 502 g/mol. The van der Waals surface area contributed by atoms with E-state index in [-0.39, 0.29) is 30.0 Å². The van der Waals surface area contributed by atoms with E-state index in [0.29, 0.717) is 29.9 Å². The van der Waals surface area contributed by atoms with Gasteiger partial charge in [0, 0.05) is 20.1 Å². The number of aryl methyl sites for hydroxylation is 1. The smallest absolute Gasteiger partial charge is 0.410 e. The van der Waals surface area contributed by atoms with Gasteiger partial charge in [-0.3, -0.25) is 9.20 Å². The Morgan fingerprint density at radius 2 is 1.89 bits per heavy atom. The molecule has 1 saturated heterocycles. The second kappa shape index (κ2) is 9.41. The van der Waals surface area contributed by atoms with Gasteiger partial charge in [-0.2, -0.15) is 0 Å². The van der Waals surface area contributed by atoms with Gasteiger partial charge < -0.3 is 19.3 Å². The van der Waals surface area contributed by atoms with Crippen LogP contribution in [0.2, 0.25) is 0 Å². The monoisotopic (exact) mass is 501 g/mol. The number of anilines is 1. The molecule has 0 bridgehead atoms. The lowest BCUT2D eigenvalue weighted by molar-refractivity contribution is 0.0208. The number of ether oxygens (including phenoxy) is 2. The maximum absolute atomic E-state index is 15.7. The topological polar surface area (TPSA) is 80.6 Å². The molecule has 196 valence electrons. The zero-order chi connectivity index (χ0) is 26.5. The second-order valence-corrected chi connectivity index (χ2v) is 11.0. The molecular weight excluding hydrogens is 465 g/mol. The SMILES string of the molecule is CCOC(=O)c1cc(C2CC2)c2c(C)c(N3C[C@@H](C)[C@H](N(C)C(=O)OC(C)(C)C)C3)c(F)cn2c1=O. The van der Waals surface area contributed by atoms with Crippen molar-refractivity contribution in [3.63, 3.8) is 0 Å². The Morgan fingerprint density at radius 1 is 1.22 bits per heavy atom. The predicted molar refractivity (Wildman–Crippen MR) is 135 cm³/mol. The van der Waals surface area contributed by atoms with E-state index in [1.165, 1.54) is 10.6 Å². The van der Waals surface area contributed by atoms with Crippen molar-refractivity contribution in [2.75, 3.05) is 31.6 Å². The molecule has 4 rings (SSSR count). The molecule has 1 aliphatic carbocycles. The third kappa shape index (κ3) is 4.80. The first-order valence-corrected chi connectivity index (χ1v) is 12.6. The highest BCUT2D eigenvalue weighted by Gasteiger charge is 2.38. The molecule has 1 aliphatic heterocycles. The van der Waals surface area contributed by atoms with Crippen molar-refractivity contribution >= 4 is 23.3 Å². The summed E-state index contributed by atoms with van der Waals surface area (Å²) in [7, 11) is 1.71. The van der Waals surface area contributed by atoms with Crippen LogP contribution in [0.4, 0.5) is 14.9 Å². The molecule has 0 N–H and O–H groups in total. The highest BCUT2D eigenvalue weighted by molar-refractivity contribution is 5.90. The molecule has 9 heteroatoms. The molecule has 3 heterocycles. The zero-order valence-corrected chi connectivity index (χ0v) is 22.2.